The van der Waals surface area contributed by atoms with Crippen LogP contribution in [0, 0.1) is 0 Å². The van der Waals surface area contributed by atoms with Gasteiger partial charge in [-0.15, -0.1) is 0 Å². The van der Waals surface area contributed by atoms with Gasteiger partial charge in [0.1, 0.15) is 6.61 Å². The number of unbranched alkanes of at least 4 members (excludes halogenated alkanes) is 1. The molecule has 258 valence electrons. The maximum Gasteiger partial charge on any atom is 0.294 e. The number of amides is 1. The number of sulfonamides is 1. The molecule has 0 fully saturated rings. The van der Waals surface area contributed by atoms with Crippen LogP contribution in [-0.4, -0.2) is 62.3 Å². The van der Waals surface area contributed by atoms with Gasteiger partial charge in [-0.25, -0.2) is 18.1 Å². The van der Waals surface area contributed by atoms with Gasteiger partial charge in [0, 0.05) is 31.3 Å². The van der Waals surface area contributed by atoms with Crippen LogP contribution < -0.4 is 9.62 Å². The lowest BCUT2D eigenvalue weighted by atomic mass is 9.90. The number of carbonyl (C=O) groups is 3. The quantitative estimate of drug-likeness (QED) is 0.141. The van der Waals surface area contributed by atoms with Gasteiger partial charge in [-0.3, -0.25) is 14.4 Å². The fourth-order valence-electron chi connectivity index (χ4n) is 5.25. The Balaban J connectivity index is 0.00000307. The van der Waals surface area contributed by atoms with E-state index in [1.54, 1.807) is 13.8 Å². The summed E-state index contributed by atoms with van der Waals surface area (Å²) in [6.45, 7) is 12.9. The van der Waals surface area contributed by atoms with Crippen molar-refractivity contribution in [3.63, 3.8) is 0 Å². The molecular weight excluding hydrogens is 627 g/mol. The third kappa shape index (κ3) is 9.70. The maximum absolute atomic E-state index is 12.9. The van der Waals surface area contributed by atoms with E-state index in [1.165, 1.54) is 18.7 Å². The van der Waals surface area contributed by atoms with Crippen LogP contribution in [0.2, 0.25) is 0 Å². The number of hydrogen-bond donors (Lipinski definition) is 1. The molecule has 0 bridgehead atoms. The van der Waals surface area contributed by atoms with E-state index in [4.69, 9.17) is 4.74 Å². The molecule has 1 heterocycles. The summed E-state index contributed by atoms with van der Waals surface area (Å²) in [7, 11) is -3.33. The summed E-state index contributed by atoms with van der Waals surface area (Å²) in [6.07, 6.45) is 1.65. The van der Waals surface area contributed by atoms with Gasteiger partial charge < -0.3 is 9.64 Å². The first-order chi connectivity index (χ1) is 22.8. The minimum atomic E-state index is -3.33. The summed E-state index contributed by atoms with van der Waals surface area (Å²) in [5, 5.41) is -0.485. The van der Waals surface area contributed by atoms with Gasteiger partial charge >= 0.3 is 0 Å². The fraction of sp³-hybridized carbons (Fsp3) is 0.421. The average Bonchev–Trinajstić information content (AvgIpc) is 3.54. The lowest BCUT2D eigenvalue weighted by Crippen LogP contribution is -2.38. The van der Waals surface area contributed by atoms with Gasteiger partial charge in [0.2, 0.25) is 21.7 Å². The van der Waals surface area contributed by atoms with Gasteiger partial charge in [0.05, 0.1) is 5.25 Å². The average molecular weight is 676 g/mol. The fourth-order valence-corrected chi connectivity index (χ4v) is 6.06. The number of ketones is 2. The summed E-state index contributed by atoms with van der Waals surface area (Å²) in [4.78, 5) is 43.9. The van der Waals surface area contributed by atoms with Crippen LogP contribution in [0.5, 0.6) is 0 Å². The van der Waals surface area contributed by atoms with Gasteiger partial charge in [0.15, 0.2) is 11.3 Å². The lowest BCUT2D eigenvalue weighted by molar-refractivity contribution is -0.135. The molecule has 1 aliphatic rings. The van der Waals surface area contributed by atoms with Crippen molar-refractivity contribution >= 4 is 39.1 Å². The van der Waals surface area contributed by atoms with Crippen molar-refractivity contribution in [1.82, 2.24) is 4.72 Å². The minimum absolute atomic E-state index is 0.000314. The second-order valence-corrected chi connectivity index (χ2v) is 14.5. The van der Waals surface area contributed by atoms with Crippen LogP contribution in [0.1, 0.15) is 84.8 Å². The molecule has 9 nitrogen and oxygen atoms in total. The number of ether oxygens (including phenoxy) is 1. The Bertz CT molecular complexity index is 1670. The first kappa shape index (κ1) is 38.3. The molecule has 0 aromatic heterocycles. The Kier molecular flexibility index (Phi) is 13.8. The van der Waals surface area contributed by atoms with Crippen molar-refractivity contribution in [1.29, 1.82) is 0 Å². The Morgan fingerprint density at radius 2 is 1.44 bits per heavy atom. The van der Waals surface area contributed by atoms with Crippen LogP contribution >= 0.6 is 0 Å². The van der Waals surface area contributed by atoms with Crippen molar-refractivity contribution in [2.75, 3.05) is 24.6 Å². The predicted molar refractivity (Wildman–Crippen MR) is 193 cm³/mol. The molecule has 1 amide bonds. The SMILES string of the molecule is CC.CC(=O)C(=O)N(CCCCC1(C(C)=O)COC(c2ccccc2)=N1)c1ccc(-c2ccc(C(C)CNS(=O)(=O)C(C)C)cc2)cc1. The van der Waals surface area contributed by atoms with Crippen LogP contribution in [0.15, 0.2) is 83.9 Å². The zero-order valence-electron chi connectivity index (χ0n) is 29.2. The van der Waals surface area contributed by atoms with E-state index in [-0.39, 0.29) is 18.3 Å². The number of aliphatic imine (C=N–C) groups is 1. The Hall–Kier alpha value is -4.15. The highest BCUT2D eigenvalue weighted by molar-refractivity contribution is 7.90. The highest BCUT2D eigenvalue weighted by Gasteiger charge is 2.41. The number of carbonyl (C=O) groups excluding carboxylic acids is 3. The topological polar surface area (TPSA) is 122 Å². The molecule has 0 saturated carbocycles. The van der Waals surface area contributed by atoms with Crippen molar-refractivity contribution in [3.8, 4) is 11.1 Å². The number of Topliss-reactive ketones (excluding diaryl/α,β-unsaturated/α-hetero) is 2. The normalized spacial score (nSPS) is 16.3. The predicted octanol–water partition coefficient (Wildman–Crippen LogP) is 6.71. The molecule has 0 radical (unpaired) electrons. The number of benzene rings is 3. The van der Waals surface area contributed by atoms with Crippen LogP contribution in [0.4, 0.5) is 5.69 Å². The third-order valence-electron chi connectivity index (χ3n) is 8.41. The van der Waals surface area contributed by atoms with Crippen molar-refractivity contribution in [2.45, 2.75) is 84.4 Å². The molecule has 3 aromatic rings. The standard InChI is InChI=1S/C36H43N3O6S.C2H6/c1-25(2)46(43,44)37-23-26(3)29-13-15-30(16-14-29)31-17-19-33(20-18-31)39(35(42)27(4)40)22-10-9-21-36(28(5)41)24-45-34(38-36)32-11-7-6-8-12-32;1-2/h6-8,11-20,25-26,37H,9-10,21-24H2,1-5H3;1-2H3. The molecule has 2 unspecified atom stereocenters. The van der Waals surface area contributed by atoms with Crippen molar-refractivity contribution in [3.05, 3.63) is 90.0 Å². The van der Waals surface area contributed by atoms with Crippen LogP contribution in [0.25, 0.3) is 11.1 Å². The largest absolute Gasteiger partial charge is 0.474 e. The van der Waals surface area contributed by atoms with E-state index in [9.17, 15) is 22.8 Å². The van der Waals surface area contributed by atoms with E-state index in [2.05, 4.69) is 9.71 Å². The number of anilines is 1. The summed E-state index contributed by atoms with van der Waals surface area (Å²) < 4.78 is 32.7. The molecule has 10 heteroatoms. The molecule has 1 aliphatic heterocycles. The van der Waals surface area contributed by atoms with Crippen molar-refractivity contribution < 1.29 is 27.5 Å². The zero-order valence-corrected chi connectivity index (χ0v) is 30.0. The van der Waals surface area contributed by atoms with Gasteiger partial charge in [0.25, 0.3) is 5.91 Å². The zero-order chi connectivity index (χ0) is 35.5. The molecule has 48 heavy (non-hydrogen) atoms. The second-order valence-electron chi connectivity index (χ2n) is 12.1. The van der Waals surface area contributed by atoms with Crippen LogP contribution in [0.3, 0.4) is 0 Å². The lowest BCUT2D eigenvalue weighted by Gasteiger charge is -2.24. The number of rotatable bonds is 15. The van der Waals surface area contributed by atoms with E-state index >= 15 is 0 Å². The second kappa shape index (κ2) is 17.3. The number of nitrogens with zero attached hydrogens (tertiary/aromatic N) is 2. The molecule has 0 saturated heterocycles. The van der Waals surface area contributed by atoms with Gasteiger partial charge in [-0.05, 0) is 86.9 Å². The molecule has 1 N–H and O–H groups in total. The molecular formula is C38H49N3O6S. The number of hydrogen-bond acceptors (Lipinski definition) is 7. The van der Waals surface area contributed by atoms with Crippen LogP contribution in [-0.2, 0) is 29.1 Å². The summed E-state index contributed by atoms with van der Waals surface area (Å²) >= 11 is 0. The smallest absolute Gasteiger partial charge is 0.294 e. The summed E-state index contributed by atoms with van der Waals surface area (Å²) in [5.74, 6) is -0.744. The maximum atomic E-state index is 12.9. The first-order valence-electron chi connectivity index (χ1n) is 16.6. The Morgan fingerprint density at radius 3 is 1.98 bits per heavy atom. The summed E-state index contributed by atoms with van der Waals surface area (Å²) in [5.41, 5.74) is 3.40. The third-order valence-corrected chi connectivity index (χ3v) is 10.2. The van der Waals surface area contributed by atoms with Gasteiger partial charge in [-0.1, -0.05) is 75.4 Å². The summed E-state index contributed by atoms with van der Waals surface area (Å²) in [6, 6.07) is 24.9. The molecule has 4 rings (SSSR count). The molecule has 3 aromatic carbocycles. The monoisotopic (exact) mass is 675 g/mol. The van der Waals surface area contributed by atoms with Gasteiger partial charge in [-0.2, -0.15) is 0 Å². The Labute approximate surface area is 285 Å². The van der Waals surface area contributed by atoms with E-state index in [1.807, 2.05) is 99.6 Å². The molecule has 0 aliphatic carbocycles. The van der Waals surface area contributed by atoms with Crippen molar-refractivity contribution in [2.24, 2.45) is 4.99 Å². The van der Waals surface area contributed by atoms with E-state index in [0.717, 1.165) is 22.3 Å². The van der Waals surface area contributed by atoms with E-state index in [0.29, 0.717) is 43.9 Å². The minimum Gasteiger partial charge on any atom is -0.474 e. The molecule has 0 spiro atoms. The first-order valence-corrected chi connectivity index (χ1v) is 18.2. The highest BCUT2D eigenvalue weighted by Crippen LogP contribution is 2.30. The van der Waals surface area contributed by atoms with E-state index < -0.39 is 32.5 Å². The number of nitrogens with one attached hydrogen (secondary N) is 1. The highest BCUT2D eigenvalue weighted by atomic mass is 32.2. The Morgan fingerprint density at radius 1 is 0.854 bits per heavy atom. The molecule has 2 atom stereocenters.